The number of epoxide rings is 1. The Balaban J connectivity index is 1.43. The van der Waals surface area contributed by atoms with Crippen LogP contribution in [0.5, 0.6) is 0 Å². The zero-order valence-corrected chi connectivity index (χ0v) is 11.9. The summed E-state index contributed by atoms with van der Waals surface area (Å²) < 4.78 is 10.5. The Morgan fingerprint density at radius 2 is 1.89 bits per heavy atom. The highest BCUT2D eigenvalue weighted by Gasteiger charge is 2.22. The standard InChI is InChI=1S/C15H27NO3/c17-15(13-7-3-1-2-4-8-13)16-9-5-6-10-18-11-14-12-19-14/h13-14H,1-12H2,(H,16,17). The molecule has 19 heavy (non-hydrogen) atoms. The molecule has 110 valence electrons. The molecule has 0 radical (unpaired) electrons. The lowest BCUT2D eigenvalue weighted by Gasteiger charge is -2.13. The van der Waals surface area contributed by atoms with Gasteiger partial charge in [0.2, 0.25) is 5.91 Å². The minimum Gasteiger partial charge on any atom is -0.379 e. The number of ether oxygens (including phenoxy) is 2. The molecule has 0 aromatic rings. The van der Waals surface area contributed by atoms with Gasteiger partial charge in [-0.3, -0.25) is 4.79 Å². The first kappa shape index (κ1) is 14.8. The van der Waals surface area contributed by atoms with Crippen molar-refractivity contribution in [3.05, 3.63) is 0 Å². The highest BCUT2D eigenvalue weighted by atomic mass is 16.6. The summed E-state index contributed by atoms with van der Waals surface area (Å²) in [6.45, 7) is 3.16. The monoisotopic (exact) mass is 269 g/mol. The minimum absolute atomic E-state index is 0.269. The van der Waals surface area contributed by atoms with Gasteiger partial charge in [0.1, 0.15) is 6.10 Å². The molecule has 1 atom stereocenters. The van der Waals surface area contributed by atoms with E-state index in [9.17, 15) is 4.79 Å². The number of rotatable bonds is 8. The average molecular weight is 269 g/mol. The Hall–Kier alpha value is -0.610. The molecule has 4 nitrogen and oxygen atoms in total. The van der Waals surface area contributed by atoms with Crippen molar-refractivity contribution < 1.29 is 14.3 Å². The van der Waals surface area contributed by atoms with Gasteiger partial charge in [-0.1, -0.05) is 25.7 Å². The molecule has 0 spiro atoms. The van der Waals surface area contributed by atoms with Crippen LogP contribution in [-0.2, 0) is 14.3 Å². The zero-order chi connectivity index (χ0) is 13.3. The smallest absolute Gasteiger partial charge is 0.223 e. The van der Waals surface area contributed by atoms with Crippen LogP contribution in [0.2, 0.25) is 0 Å². The number of hydrogen-bond donors (Lipinski definition) is 1. The fourth-order valence-electron chi connectivity index (χ4n) is 2.61. The lowest BCUT2D eigenvalue weighted by molar-refractivity contribution is -0.125. The maximum Gasteiger partial charge on any atom is 0.223 e. The van der Waals surface area contributed by atoms with E-state index in [2.05, 4.69) is 5.32 Å². The molecule has 1 aliphatic heterocycles. The fraction of sp³-hybridized carbons (Fsp3) is 0.933. The van der Waals surface area contributed by atoms with Gasteiger partial charge in [-0.05, 0) is 25.7 Å². The summed E-state index contributed by atoms with van der Waals surface area (Å²) in [6.07, 6.45) is 9.56. The summed E-state index contributed by atoms with van der Waals surface area (Å²) >= 11 is 0. The van der Waals surface area contributed by atoms with E-state index in [1.807, 2.05) is 0 Å². The number of nitrogens with one attached hydrogen (secondary N) is 1. The van der Waals surface area contributed by atoms with E-state index in [1.165, 1.54) is 25.7 Å². The third kappa shape index (κ3) is 6.39. The molecule has 1 saturated heterocycles. The first-order valence-corrected chi connectivity index (χ1v) is 7.83. The molecule has 1 amide bonds. The van der Waals surface area contributed by atoms with Crippen LogP contribution in [0.1, 0.15) is 51.4 Å². The molecule has 1 aliphatic carbocycles. The third-order valence-corrected chi connectivity index (χ3v) is 3.95. The Labute approximate surface area is 116 Å². The van der Waals surface area contributed by atoms with Crippen molar-refractivity contribution in [1.82, 2.24) is 5.32 Å². The molecule has 0 aromatic heterocycles. The molecule has 1 heterocycles. The first-order chi connectivity index (χ1) is 9.36. The van der Waals surface area contributed by atoms with Crippen molar-refractivity contribution in [1.29, 1.82) is 0 Å². The summed E-state index contributed by atoms with van der Waals surface area (Å²) in [5.74, 6) is 0.542. The normalized spacial score (nSPS) is 23.9. The Morgan fingerprint density at radius 3 is 2.58 bits per heavy atom. The summed E-state index contributed by atoms with van der Waals surface area (Å²) in [5, 5.41) is 3.07. The Bertz CT molecular complexity index is 258. The molecule has 1 unspecified atom stereocenters. The average Bonchev–Trinajstić information content (AvgIpc) is 3.24. The van der Waals surface area contributed by atoms with Gasteiger partial charge in [0.25, 0.3) is 0 Å². The Morgan fingerprint density at radius 1 is 1.16 bits per heavy atom. The van der Waals surface area contributed by atoms with Crippen LogP contribution in [0.4, 0.5) is 0 Å². The number of amides is 1. The highest BCUT2D eigenvalue weighted by Crippen LogP contribution is 2.22. The van der Waals surface area contributed by atoms with Crippen molar-refractivity contribution in [2.75, 3.05) is 26.4 Å². The maximum absolute atomic E-state index is 12.0. The Kier molecular flexibility index (Phi) is 6.65. The van der Waals surface area contributed by atoms with E-state index < -0.39 is 0 Å². The minimum atomic E-state index is 0.269. The van der Waals surface area contributed by atoms with Gasteiger partial charge in [-0.15, -0.1) is 0 Å². The van der Waals surface area contributed by atoms with Crippen molar-refractivity contribution in [2.24, 2.45) is 5.92 Å². The van der Waals surface area contributed by atoms with E-state index in [0.717, 1.165) is 52.0 Å². The zero-order valence-electron chi connectivity index (χ0n) is 11.9. The van der Waals surface area contributed by atoms with Gasteiger partial charge >= 0.3 is 0 Å². The van der Waals surface area contributed by atoms with Gasteiger partial charge < -0.3 is 14.8 Å². The van der Waals surface area contributed by atoms with Crippen molar-refractivity contribution >= 4 is 5.91 Å². The van der Waals surface area contributed by atoms with Crippen LogP contribution in [0.15, 0.2) is 0 Å². The maximum atomic E-state index is 12.0. The second kappa shape index (κ2) is 8.54. The van der Waals surface area contributed by atoms with Crippen molar-refractivity contribution in [3.8, 4) is 0 Å². The first-order valence-electron chi connectivity index (χ1n) is 7.83. The van der Waals surface area contributed by atoms with Crippen LogP contribution in [0.25, 0.3) is 0 Å². The van der Waals surface area contributed by atoms with Gasteiger partial charge in [-0.25, -0.2) is 0 Å². The molecular formula is C15H27NO3. The number of hydrogen-bond acceptors (Lipinski definition) is 3. The number of unbranched alkanes of at least 4 members (excludes halogenated alkanes) is 1. The van der Waals surface area contributed by atoms with Crippen LogP contribution in [-0.4, -0.2) is 38.4 Å². The molecular weight excluding hydrogens is 242 g/mol. The summed E-state index contributed by atoms with van der Waals surface area (Å²) in [6, 6.07) is 0. The van der Waals surface area contributed by atoms with E-state index >= 15 is 0 Å². The predicted octanol–water partition coefficient (Wildman–Crippen LogP) is 2.27. The fourth-order valence-corrected chi connectivity index (χ4v) is 2.61. The molecule has 2 aliphatic rings. The lowest BCUT2D eigenvalue weighted by Crippen LogP contribution is -2.31. The SMILES string of the molecule is O=C(NCCCCOCC1CO1)C1CCCCCC1. The molecule has 0 bridgehead atoms. The molecule has 1 N–H and O–H groups in total. The van der Waals surface area contributed by atoms with Crippen LogP contribution >= 0.6 is 0 Å². The van der Waals surface area contributed by atoms with Gasteiger partial charge in [-0.2, -0.15) is 0 Å². The van der Waals surface area contributed by atoms with E-state index in [0.29, 0.717) is 6.10 Å². The predicted molar refractivity (Wildman–Crippen MR) is 74.0 cm³/mol. The topological polar surface area (TPSA) is 50.9 Å². The lowest BCUT2D eigenvalue weighted by atomic mass is 9.99. The van der Waals surface area contributed by atoms with Crippen LogP contribution in [0.3, 0.4) is 0 Å². The summed E-state index contributed by atoms with van der Waals surface area (Å²) in [7, 11) is 0. The van der Waals surface area contributed by atoms with E-state index in [4.69, 9.17) is 9.47 Å². The van der Waals surface area contributed by atoms with Crippen LogP contribution in [0, 0.1) is 5.92 Å². The van der Waals surface area contributed by atoms with E-state index in [-0.39, 0.29) is 11.8 Å². The van der Waals surface area contributed by atoms with Crippen molar-refractivity contribution in [3.63, 3.8) is 0 Å². The molecule has 4 heteroatoms. The number of carbonyl (C=O) groups is 1. The second-order valence-electron chi connectivity index (χ2n) is 5.72. The van der Waals surface area contributed by atoms with Gasteiger partial charge in [0.15, 0.2) is 0 Å². The molecule has 2 rings (SSSR count). The van der Waals surface area contributed by atoms with Gasteiger partial charge in [0, 0.05) is 19.1 Å². The quantitative estimate of drug-likeness (QED) is 0.418. The summed E-state index contributed by atoms with van der Waals surface area (Å²) in [4.78, 5) is 12.0. The second-order valence-corrected chi connectivity index (χ2v) is 5.72. The van der Waals surface area contributed by atoms with Gasteiger partial charge in [0.05, 0.1) is 13.2 Å². The molecule has 0 aromatic carbocycles. The highest BCUT2D eigenvalue weighted by molar-refractivity contribution is 5.78. The molecule has 2 fully saturated rings. The van der Waals surface area contributed by atoms with E-state index in [1.54, 1.807) is 0 Å². The van der Waals surface area contributed by atoms with Crippen LogP contribution < -0.4 is 5.32 Å². The third-order valence-electron chi connectivity index (χ3n) is 3.95. The van der Waals surface area contributed by atoms with Crippen molar-refractivity contribution in [2.45, 2.75) is 57.5 Å². The molecule has 1 saturated carbocycles. The summed E-state index contributed by atoms with van der Waals surface area (Å²) in [5.41, 5.74) is 0. The number of carbonyl (C=O) groups excluding carboxylic acids is 1. The largest absolute Gasteiger partial charge is 0.379 e.